The maximum atomic E-state index is 11.6. The van der Waals surface area contributed by atoms with Crippen molar-refractivity contribution in [3.8, 4) is 0 Å². The highest BCUT2D eigenvalue weighted by Crippen LogP contribution is 2.17. The van der Waals surface area contributed by atoms with E-state index in [2.05, 4.69) is 6.92 Å². The van der Waals surface area contributed by atoms with Crippen molar-refractivity contribution >= 4 is 11.8 Å². The third kappa shape index (κ3) is 6.53. The summed E-state index contributed by atoms with van der Waals surface area (Å²) in [6.07, 6.45) is 9.54. The highest BCUT2D eigenvalue weighted by molar-refractivity contribution is 5.94. The summed E-state index contributed by atoms with van der Waals surface area (Å²) >= 11 is 0. The van der Waals surface area contributed by atoms with Crippen molar-refractivity contribution in [3.63, 3.8) is 0 Å². The van der Waals surface area contributed by atoms with Crippen molar-refractivity contribution in [2.45, 2.75) is 71.2 Å². The van der Waals surface area contributed by atoms with Gasteiger partial charge in [-0.3, -0.25) is 9.59 Å². The van der Waals surface area contributed by atoms with Crippen LogP contribution in [-0.4, -0.2) is 24.1 Å². The largest absolute Gasteiger partial charge is 0.432 e. The average Bonchev–Trinajstić information content (AvgIpc) is 2.36. The van der Waals surface area contributed by atoms with E-state index in [1.807, 2.05) is 0 Å². The van der Waals surface area contributed by atoms with Crippen LogP contribution in [0.4, 0.5) is 0 Å². The SMILES string of the molecule is CCCCCCCCC1OC(OC(C)=O)C=CC1=O. The van der Waals surface area contributed by atoms with Crippen LogP contribution in [0.2, 0.25) is 0 Å². The van der Waals surface area contributed by atoms with Crippen molar-refractivity contribution in [2.75, 3.05) is 0 Å². The average molecular weight is 268 g/mol. The lowest BCUT2D eigenvalue weighted by atomic mass is 10.0. The first-order valence-corrected chi connectivity index (χ1v) is 7.18. The van der Waals surface area contributed by atoms with Gasteiger partial charge in [0.1, 0.15) is 6.10 Å². The predicted molar refractivity (Wildman–Crippen MR) is 72.6 cm³/mol. The molecular weight excluding hydrogens is 244 g/mol. The number of ketones is 1. The number of carbonyl (C=O) groups excluding carboxylic acids is 2. The first kappa shape index (κ1) is 15.9. The van der Waals surface area contributed by atoms with Crippen LogP contribution >= 0.6 is 0 Å². The van der Waals surface area contributed by atoms with Crippen LogP contribution in [0.15, 0.2) is 12.2 Å². The number of unbranched alkanes of at least 4 members (excludes halogenated alkanes) is 5. The van der Waals surface area contributed by atoms with Gasteiger partial charge >= 0.3 is 5.97 Å². The Morgan fingerprint density at radius 2 is 1.95 bits per heavy atom. The summed E-state index contributed by atoms with van der Waals surface area (Å²) in [5.74, 6) is -0.431. The monoisotopic (exact) mass is 268 g/mol. The van der Waals surface area contributed by atoms with Crippen LogP contribution in [0.5, 0.6) is 0 Å². The number of ether oxygens (including phenoxy) is 2. The van der Waals surface area contributed by atoms with Gasteiger partial charge in [0.2, 0.25) is 6.29 Å². The Morgan fingerprint density at radius 3 is 2.63 bits per heavy atom. The Hall–Kier alpha value is -1.16. The molecule has 0 aromatic rings. The molecule has 0 aromatic carbocycles. The van der Waals surface area contributed by atoms with E-state index in [4.69, 9.17) is 9.47 Å². The number of hydrogen-bond donors (Lipinski definition) is 0. The Labute approximate surface area is 115 Å². The van der Waals surface area contributed by atoms with Gasteiger partial charge in [0.25, 0.3) is 0 Å². The van der Waals surface area contributed by atoms with Crippen molar-refractivity contribution in [2.24, 2.45) is 0 Å². The van der Waals surface area contributed by atoms with Gasteiger partial charge in [0.15, 0.2) is 5.78 Å². The van der Waals surface area contributed by atoms with Crippen LogP contribution in [0.25, 0.3) is 0 Å². The first-order chi connectivity index (χ1) is 9.13. The smallest absolute Gasteiger partial charge is 0.305 e. The first-order valence-electron chi connectivity index (χ1n) is 7.18. The molecule has 2 atom stereocenters. The van der Waals surface area contributed by atoms with Gasteiger partial charge in [-0.05, 0) is 18.6 Å². The summed E-state index contributed by atoms with van der Waals surface area (Å²) in [4.78, 5) is 22.5. The summed E-state index contributed by atoms with van der Waals surface area (Å²) < 4.78 is 10.4. The molecule has 1 heterocycles. The molecule has 4 nitrogen and oxygen atoms in total. The van der Waals surface area contributed by atoms with Crippen LogP contribution in [0.1, 0.15) is 58.8 Å². The van der Waals surface area contributed by atoms with Crippen LogP contribution in [-0.2, 0) is 19.1 Å². The molecule has 0 saturated carbocycles. The topological polar surface area (TPSA) is 52.6 Å². The summed E-state index contributed by atoms with van der Waals surface area (Å²) in [7, 11) is 0. The summed E-state index contributed by atoms with van der Waals surface area (Å²) in [6.45, 7) is 3.52. The highest BCUT2D eigenvalue weighted by Gasteiger charge is 2.26. The molecule has 108 valence electrons. The number of carbonyl (C=O) groups is 2. The van der Waals surface area contributed by atoms with E-state index in [0.29, 0.717) is 6.42 Å². The van der Waals surface area contributed by atoms with Crippen molar-refractivity contribution in [3.05, 3.63) is 12.2 Å². The minimum absolute atomic E-state index is 0.0306. The third-order valence-electron chi connectivity index (χ3n) is 3.14. The summed E-state index contributed by atoms with van der Waals surface area (Å²) in [5, 5.41) is 0. The third-order valence-corrected chi connectivity index (χ3v) is 3.14. The molecule has 0 aromatic heterocycles. The van der Waals surface area contributed by atoms with Gasteiger partial charge in [-0.25, -0.2) is 0 Å². The van der Waals surface area contributed by atoms with Crippen LogP contribution in [0.3, 0.4) is 0 Å². The molecule has 0 aliphatic carbocycles. The Kier molecular flexibility index (Phi) is 7.41. The predicted octanol–water partition coefficient (Wildman–Crippen LogP) is 3.15. The zero-order valence-electron chi connectivity index (χ0n) is 11.9. The number of hydrogen-bond acceptors (Lipinski definition) is 4. The second-order valence-electron chi connectivity index (χ2n) is 4.92. The second kappa shape index (κ2) is 8.86. The molecule has 0 N–H and O–H groups in total. The maximum Gasteiger partial charge on any atom is 0.305 e. The standard InChI is InChI=1S/C15H24O4/c1-3-4-5-6-7-8-9-14-13(17)10-11-15(19-14)18-12(2)16/h10-11,14-15H,3-9H2,1-2H3. The quantitative estimate of drug-likeness (QED) is 0.501. The van der Waals surface area contributed by atoms with E-state index in [9.17, 15) is 9.59 Å². The fourth-order valence-corrected chi connectivity index (χ4v) is 2.11. The number of rotatable bonds is 8. The van der Waals surface area contributed by atoms with E-state index in [1.54, 1.807) is 0 Å². The highest BCUT2D eigenvalue weighted by atomic mass is 16.7. The van der Waals surface area contributed by atoms with Gasteiger partial charge < -0.3 is 9.47 Å². The molecule has 0 fully saturated rings. The molecule has 1 rings (SSSR count). The molecule has 0 bridgehead atoms. The summed E-state index contributed by atoms with van der Waals surface area (Å²) in [6, 6.07) is 0. The Morgan fingerprint density at radius 1 is 1.26 bits per heavy atom. The molecule has 2 unspecified atom stereocenters. The van der Waals surface area contributed by atoms with Gasteiger partial charge in [-0.1, -0.05) is 45.4 Å². The molecule has 0 radical (unpaired) electrons. The molecule has 19 heavy (non-hydrogen) atoms. The van der Waals surface area contributed by atoms with Crippen molar-refractivity contribution in [1.82, 2.24) is 0 Å². The van der Waals surface area contributed by atoms with Gasteiger partial charge in [0.05, 0.1) is 0 Å². The zero-order valence-corrected chi connectivity index (χ0v) is 11.9. The maximum absolute atomic E-state index is 11.6. The molecule has 0 spiro atoms. The Bertz CT molecular complexity index is 322. The van der Waals surface area contributed by atoms with Gasteiger partial charge in [0, 0.05) is 6.92 Å². The lowest BCUT2D eigenvalue weighted by Crippen LogP contribution is -2.33. The molecule has 1 aliphatic rings. The van der Waals surface area contributed by atoms with Crippen LogP contribution in [0, 0.1) is 0 Å². The molecule has 4 heteroatoms. The van der Waals surface area contributed by atoms with E-state index >= 15 is 0 Å². The fraction of sp³-hybridized carbons (Fsp3) is 0.733. The van der Waals surface area contributed by atoms with E-state index in [0.717, 1.165) is 12.8 Å². The molecule has 0 amide bonds. The number of esters is 1. The minimum atomic E-state index is -0.708. The lowest BCUT2D eigenvalue weighted by molar-refractivity contribution is -0.180. The summed E-state index contributed by atoms with van der Waals surface area (Å²) in [5.41, 5.74) is 0. The van der Waals surface area contributed by atoms with Gasteiger partial charge in [-0.15, -0.1) is 0 Å². The Balaban J connectivity index is 2.23. The van der Waals surface area contributed by atoms with E-state index in [1.165, 1.54) is 44.8 Å². The van der Waals surface area contributed by atoms with E-state index < -0.39 is 18.4 Å². The molecule has 1 aliphatic heterocycles. The van der Waals surface area contributed by atoms with Gasteiger partial charge in [-0.2, -0.15) is 0 Å². The minimum Gasteiger partial charge on any atom is -0.432 e. The van der Waals surface area contributed by atoms with Crippen LogP contribution < -0.4 is 0 Å². The zero-order chi connectivity index (χ0) is 14.1. The van der Waals surface area contributed by atoms with Crippen molar-refractivity contribution in [1.29, 1.82) is 0 Å². The fourth-order valence-electron chi connectivity index (χ4n) is 2.11. The van der Waals surface area contributed by atoms with E-state index in [-0.39, 0.29) is 5.78 Å². The lowest BCUT2D eigenvalue weighted by Gasteiger charge is -2.24. The molecule has 0 saturated heterocycles. The second-order valence-corrected chi connectivity index (χ2v) is 4.92. The van der Waals surface area contributed by atoms with Crippen molar-refractivity contribution < 1.29 is 19.1 Å². The molecular formula is C15H24O4. The normalized spacial score (nSPS) is 22.5.